The van der Waals surface area contributed by atoms with Crippen LogP contribution in [0.1, 0.15) is 38.7 Å². The maximum Gasteiger partial charge on any atom is 0.228 e. The Morgan fingerprint density at radius 1 is 1.25 bits per heavy atom. The molecule has 2 fully saturated rings. The van der Waals surface area contributed by atoms with E-state index in [2.05, 4.69) is 35.8 Å². The van der Waals surface area contributed by atoms with Gasteiger partial charge in [-0.25, -0.2) is 0 Å². The van der Waals surface area contributed by atoms with E-state index in [9.17, 15) is 4.79 Å². The number of carbonyl (C=O) groups excluding carboxylic acids is 1. The van der Waals surface area contributed by atoms with Gasteiger partial charge in [-0.3, -0.25) is 9.69 Å². The van der Waals surface area contributed by atoms with Crippen molar-refractivity contribution in [1.29, 1.82) is 0 Å². The van der Waals surface area contributed by atoms with Crippen molar-refractivity contribution in [3.8, 4) is 5.75 Å². The van der Waals surface area contributed by atoms with Crippen LogP contribution < -0.4 is 4.74 Å². The highest BCUT2D eigenvalue weighted by Crippen LogP contribution is 2.25. The van der Waals surface area contributed by atoms with E-state index >= 15 is 0 Å². The predicted octanol–water partition coefficient (Wildman–Crippen LogP) is 3.43. The third-order valence-corrected chi connectivity index (χ3v) is 5.95. The van der Waals surface area contributed by atoms with Crippen LogP contribution in [0.2, 0.25) is 0 Å². The Labute approximate surface area is 170 Å². The van der Waals surface area contributed by atoms with Crippen molar-refractivity contribution in [3.63, 3.8) is 0 Å². The number of para-hydroxylation sites is 1. The Bertz CT molecular complexity index is 620. The van der Waals surface area contributed by atoms with Gasteiger partial charge in [-0.15, -0.1) is 0 Å². The zero-order valence-electron chi connectivity index (χ0n) is 17.7. The molecule has 2 aliphatic rings. The molecule has 1 aromatic carbocycles. The zero-order valence-corrected chi connectivity index (χ0v) is 17.7. The van der Waals surface area contributed by atoms with Gasteiger partial charge in [0.1, 0.15) is 5.75 Å². The van der Waals surface area contributed by atoms with E-state index in [1.165, 1.54) is 5.56 Å². The largest absolute Gasteiger partial charge is 0.496 e. The average Bonchev–Trinajstić information content (AvgIpc) is 3.23. The van der Waals surface area contributed by atoms with Gasteiger partial charge < -0.3 is 14.4 Å². The van der Waals surface area contributed by atoms with E-state index in [0.29, 0.717) is 24.3 Å². The Morgan fingerprint density at radius 2 is 2.00 bits per heavy atom. The molecule has 0 spiro atoms. The highest BCUT2D eigenvalue weighted by atomic mass is 16.5. The second-order valence-corrected chi connectivity index (χ2v) is 8.73. The molecule has 1 aromatic rings. The van der Waals surface area contributed by atoms with Gasteiger partial charge in [-0.1, -0.05) is 32.0 Å². The second-order valence-electron chi connectivity index (χ2n) is 8.73. The van der Waals surface area contributed by atoms with E-state index < -0.39 is 0 Å². The van der Waals surface area contributed by atoms with Crippen LogP contribution in [0, 0.1) is 17.8 Å². The van der Waals surface area contributed by atoms with Gasteiger partial charge >= 0.3 is 0 Å². The lowest BCUT2D eigenvalue weighted by Crippen LogP contribution is -2.44. The number of hydrogen-bond donors (Lipinski definition) is 0. The van der Waals surface area contributed by atoms with E-state index in [0.717, 1.165) is 64.3 Å². The summed E-state index contributed by atoms with van der Waals surface area (Å²) in [6, 6.07) is 8.28. The fourth-order valence-electron chi connectivity index (χ4n) is 4.40. The first kappa shape index (κ1) is 21.1. The molecule has 1 unspecified atom stereocenters. The molecule has 0 saturated carbocycles. The maximum atomic E-state index is 13.0. The molecule has 28 heavy (non-hydrogen) atoms. The second kappa shape index (κ2) is 10.3. The number of likely N-dealkylation sites (tertiary alicyclic amines) is 1. The van der Waals surface area contributed by atoms with Gasteiger partial charge in [0.15, 0.2) is 0 Å². The van der Waals surface area contributed by atoms with Crippen molar-refractivity contribution in [1.82, 2.24) is 9.80 Å². The van der Waals surface area contributed by atoms with Crippen LogP contribution in [0.25, 0.3) is 0 Å². The number of methoxy groups -OCH3 is 1. The summed E-state index contributed by atoms with van der Waals surface area (Å²) in [5.41, 5.74) is 1.25. The number of amides is 1. The number of carbonyl (C=O) groups is 1. The van der Waals surface area contributed by atoms with Crippen LogP contribution in [-0.2, 0) is 16.1 Å². The van der Waals surface area contributed by atoms with Gasteiger partial charge in [0.2, 0.25) is 5.91 Å². The monoisotopic (exact) mass is 388 g/mol. The highest BCUT2D eigenvalue weighted by molar-refractivity contribution is 5.79. The third kappa shape index (κ3) is 5.71. The molecule has 2 saturated heterocycles. The van der Waals surface area contributed by atoms with Gasteiger partial charge in [-0.2, -0.15) is 0 Å². The van der Waals surface area contributed by atoms with Crippen LogP contribution in [0.3, 0.4) is 0 Å². The molecule has 3 rings (SSSR count). The summed E-state index contributed by atoms with van der Waals surface area (Å²) in [5, 5.41) is 0. The lowest BCUT2D eigenvalue weighted by Gasteiger charge is -2.36. The normalized spacial score (nSPS) is 21.2. The van der Waals surface area contributed by atoms with Crippen LogP contribution >= 0.6 is 0 Å². The molecule has 0 N–H and O–H groups in total. The average molecular weight is 389 g/mol. The zero-order chi connectivity index (χ0) is 19.9. The van der Waals surface area contributed by atoms with Crippen molar-refractivity contribution in [2.45, 2.75) is 39.7 Å². The van der Waals surface area contributed by atoms with E-state index in [1.807, 2.05) is 12.1 Å². The summed E-state index contributed by atoms with van der Waals surface area (Å²) in [6.45, 7) is 10.6. The van der Waals surface area contributed by atoms with E-state index in [4.69, 9.17) is 9.47 Å². The molecule has 2 aliphatic heterocycles. The lowest BCUT2D eigenvalue weighted by atomic mass is 9.94. The lowest BCUT2D eigenvalue weighted by molar-refractivity contribution is -0.137. The Hall–Kier alpha value is -1.59. The first-order chi connectivity index (χ1) is 13.6. The predicted molar refractivity (Wildman–Crippen MR) is 111 cm³/mol. The Kier molecular flexibility index (Phi) is 7.74. The van der Waals surface area contributed by atoms with Crippen LogP contribution in [-0.4, -0.2) is 62.2 Å². The molecule has 0 aromatic heterocycles. The minimum Gasteiger partial charge on any atom is -0.496 e. The van der Waals surface area contributed by atoms with Crippen LogP contribution in [0.15, 0.2) is 24.3 Å². The van der Waals surface area contributed by atoms with Gasteiger partial charge in [0.25, 0.3) is 0 Å². The van der Waals surface area contributed by atoms with Gasteiger partial charge in [-0.05, 0) is 50.3 Å². The van der Waals surface area contributed by atoms with Crippen molar-refractivity contribution in [2.75, 3.05) is 46.5 Å². The van der Waals surface area contributed by atoms with E-state index in [-0.39, 0.29) is 5.92 Å². The van der Waals surface area contributed by atoms with Crippen molar-refractivity contribution in [3.05, 3.63) is 29.8 Å². The highest BCUT2D eigenvalue weighted by Gasteiger charge is 2.30. The molecule has 5 heteroatoms. The molecule has 1 atom stereocenters. The summed E-state index contributed by atoms with van der Waals surface area (Å²) in [7, 11) is 1.74. The molecular formula is C23H36N2O3. The molecule has 0 bridgehead atoms. The molecule has 156 valence electrons. The molecular weight excluding hydrogens is 352 g/mol. The molecule has 0 radical (unpaired) electrons. The number of hydrogen-bond acceptors (Lipinski definition) is 4. The van der Waals surface area contributed by atoms with Gasteiger partial charge in [0, 0.05) is 31.8 Å². The third-order valence-electron chi connectivity index (χ3n) is 5.95. The first-order valence-electron chi connectivity index (χ1n) is 10.8. The van der Waals surface area contributed by atoms with E-state index in [1.54, 1.807) is 7.11 Å². The summed E-state index contributed by atoms with van der Waals surface area (Å²) < 4.78 is 10.9. The van der Waals surface area contributed by atoms with Crippen molar-refractivity contribution < 1.29 is 14.3 Å². The topological polar surface area (TPSA) is 42.0 Å². The fourth-order valence-corrected chi connectivity index (χ4v) is 4.40. The minimum atomic E-state index is 0.0735. The molecule has 1 amide bonds. The number of nitrogens with zero attached hydrogens (tertiary/aromatic N) is 2. The Balaban J connectivity index is 1.51. The summed E-state index contributed by atoms with van der Waals surface area (Å²) in [6.07, 6.45) is 3.18. The number of benzene rings is 1. The van der Waals surface area contributed by atoms with Crippen molar-refractivity contribution >= 4 is 5.91 Å². The summed E-state index contributed by atoms with van der Waals surface area (Å²) in [5.74, 6) is 2.44. The Morgan fingerprint density at radius 3 is 2.64 bits per heavy atom. The van der Waals surface area contributed by atoms with Crippen LogP contribution in [0.5, 0.6) is 5.75 Å². The summed E-state index contributed by atoms with van der Waals surface area (Å²) >= 11 is 0. The smallest absolute Gasteiger partial charge is 0.228 e. The molecule has 5 nitrogen and oxygen atoms in total. The maximum absolute atomic E-state index is 13.0. The minimum absolute atomic E-state index is 0.0735. The molecule has 2 heterocycles. The summed E-state index contributed by atoms with van der Waals surface area (Å²) in [4.78, 5) is 17.6. The number of ether oxygens (including phenoxy) is 2. The number of rotatable bonds is 8. The van der Waals surface area contributed by atoms with Crippen LogP contribution in [0.4, 0.5) is 0 Å². The fraction of sp³-hybridized carbons (Fsp3) is 0.696. The quantitative estimate of drug-likeness (QED) is 0.684. The standard InChI is InChI=1S/C23H36N2O3/c1-18(2)14-25(23(26)21-10-13-28-17-21)15-19-8-11-24(12-9-19)16-20-6-4-5-7-22(20)27-3/h4-7,18-19,21H,8-17H2,1-3H3. The van der Waals surface area contributed by atoms with Gasteiger partial charge in [0.05, 0.1) is 19.6 Å². The number of piperidine rings is 1. The first-order valence-corrected chi connectivity index (χ1v) is 10.8. The van der Waals surface area contributed by atoms with Crippen molar-refractivity contribution in [2.24, 2.45) is 17.8 Å². The SMILES string of the molecule is COc1ccccc1CN1CCC(CN(CC(C)C)C(=O)C2CCOC2)CC1. The molecule has 0 aliphatic carbocycles.